The van der Waals surface area contributed by atoms with E-state index in [1.165, 1.54) is 70.2 Å². The zero-order valence-corrected chi connectivity index (χ0v) is 60.7. The second-order valence-electron chi connectivity index (χ2n) is 36.6. The second-order valence-corrected chi connectivity index (χ2v) is 36.6. The molecule has 3 aliphatic carbocycles. The molecule has 0 N–H and O–H groups in total. The van der Waals surface area contributed by atoms with E-state index in [1.54, 1.807) is 5.57 Å². The highest BCUT2D eigenvalue weighted by atomic mass is 14.4. The van der Waals surface area contributed by atoms with E-state index in [2.05, 4.69) is 356 Å². The molecule has 0 saturated heterocycles. The fourth-order valence-electron chi connectivity index (χ4n) is 8.96. The van der Waals surface area contributed by atoms with Crippen LogP contribution in [-0.4, -0.2) is 0 Å². The lowest BCUT2D eigenvalue weighted by Crippen LogP contribution is -2.30. The van der Waals surface area contributed by atoms with Crippen LogP contribution in [0.2, 0.25) is 0 Å². The Bertz CT molecular complexity index is 2380. The highest BCUT2D eigenvalue weighted by molar-refractivity contribution is 5.64. The zero-order valence-electron chi connectivity index (χ0n) is 60.7. The van der Waals surface area contributed by atoms with Crippen LogP contribution < -0.4 is 0 Å². The molecular weight excluding hydrogens is 985 g/mol. The molecule has 3 aliphatic rings. The van der Waals surface area contributed by atoms with Gasteiger partial charge in [-0.2, -0.15) is 0 Å². The van der Waals surface area contributed by atoms with Crippen LogP contribution in [-0.2, 0) is 30.1 Å². The Morgan fingerprint density at radius 3 is 1.06 bits per heavy atom. The Labute approximate surface area is 514 Å². The molecule has 1 fully saturated rings. The van der Waals surface area contributed by atoms with E-state index >= 15 is 0 Å². The second kappa shape index (κ2) is 32.6. The van der Waals surface area contributed by atoms with Gasteiger partial charge in [0, 0.05) is 0 Å². The van der Waals surface area contributed by atoms with Crippen molar-refractivity contribution in [3.05, 3.63) is 159 Å². The van der Waals surface area contributed by atoms with Gasteiger partial charge in [-0.25, -0.2) is 0 Å². The van der Waals surface area contributed by atoms with Crippen LogP contribution in [0.4, 0.5) is 0 Å². The maximum absolute atomic E-state index is 2.40. The Hall–Kier alpha value is -3.90. The summed E-state index contributed by atoms with van der Waals surface area (Å²) >= 11 is 0. The Morgan fingerprint density at radius 2 is 0.744 bits per heavy atom. The molecule has 464 valence electrons. The molecule has 0 aromatic heterocycles. The van der Waals surface area contributed by atoms with Crippen LogP contribution in [0.1, 0.15) is 299 Å². The van der Waals surface area contributed by atoms with Crippen molar-refractivity contribution in [3.63, 3.8) is 0 Å². The molecule has 82 heavy (non-hydrogen) atoms. The minimum absolute atomic E-state index is 0.242. The van der Waals surface area contributed by atoms with Gasteiger partial charge in [0.05, 0.1) is 0 Å². The van der Waals surface area contributed by atoms with Crippen molar-refractivity contribution in [2.24, 2.45) is 55.2 Å². The van der Waals surface area contributed by atoms with Gasteiger partial charge in [0.25, 0.3) is 0 Å². The summed E-state index contributed by atoms with van der Waals surface area (Å²) in [4.78, 5) is 0. The number of allylic oxidation sites excluding steroid dienone is 3. The fourth-order valence-corrected chi connectivity index (χ4v) is 8.96. The number of hydrogen-bond acceptors (Lipinski definition) is 0. The third-order valence-corrected chi connectivity index (χ3v) is 13.7. The summed E-state index contributed by atoms with van der Waals surface area (Å²) < 4.78 is 0. The maximum Gasteiger partial charge on any atom is -0.00526 e. The lowest BCUT2D eigenvalue weighted by atomic mass is 9.64. The van der Waals surface area contributed by atoms with Crippen LogP contribution >= 0.6 is 0 Å². The minimum Gasteiger partial charge on any atom is -0.0795 e. The van der Waals surface area contributed by atoms with Crippen molar-refractivity contribution in [2.45, 2.75) is 284 Å². The molecule has 0 bridgehead atoms. The molecule has 4 aromatic carbocycles. The predicted octanol–water partition coefficient (Wildman–Crippen LogP) is 26.6. The zero-order chi connectivity index (χ0) is 64.1. The van der Waals surface area contributed by atoms with Gasteiger partial charge in [0.2, 0.25) is 0 Å². The van der Waals surface area contributed by atoms with Crippen molar-refractivity contribution in [1.82, 2.24) is 0 Å². The molecule has 1 saturated carbocycles. The summed E-state index contributed by atoms with van der Waals surface area (Å²) in [5, 5.41) is 0. The first-order valence-corrected chi connectivity index (χ1v) is 32.0. The van der Waals surface area contributed by atoms with Crippen molar-refractivity contribution in [2.75, 3.05) is 0 Å². The van der Waals surface area contributed by atoms with Crippen molar-refractivity contribution in [3.8, 4) is 0 Å². The highest BCUT2D eigenvalue weighted by Crippen LogP contribution is 2.45. The summed E-state index contributed by atoms with van der Waals surface area (Å²) in [5.41, 5.74) is 16.8. The minimum atomic E-state index is 0.242. The Morgan fingerprint density at radius 1 is 0.390 bits per heavy atom. The van der Waals surface area contributed by atoms with E-state index in [0.717, 1.165) is 31.1 Å². The molecule has 0 amide bonds. The molecule has 7 rings (SSSR count). The van der Waals surface area contributed by atoms with Gasteiger partial charge in [-0.05, 0) is 155 Å². The number of rotatable bonds is 2. The molecule has 0 heterocycles. The molecule has 0 heteroatoms. The maximum atomic E-state index is 2.40. The lowest BCUT2D eigenvalue weighted by molar-refractivity contribution is 0.0970. The standard InChI is InChI=1S/C16H24.C15H24.C14H28.C13H16.C9H8.3C5H12/c1-15(2,3)12-11-13-7-9-14(10-8-13)16(4,5)6;1-14(2,3)11-12-7-9-13(10-8-12)15(4,5)6;1-13(2,3)11-7-9-12(10-8-11)14(4,5)6;1-13(2,3)12-8-10-6-4-5-7-11(10)9-12;1-2-5-9-7-3-6-8(9)4-1;3*1-5(2,3)4/h7-12H,1-6H3;7-10H,11H2,1-6H3;11-12H,7-10H2,1-6H3;4-8H,9H2,1-3H3;1-6H,7H2;3*1-4H3/b12-11+;;;;;;;. The highest BCUT2D eigenvalue weighted by Gasteiger charge is 2.34. The Kier molecular flexibility index (Phi) is 31.0. The van der Waals surface area contributed by atoms with Crippen LogP contribution in [0, 0.1) is 55.2 Å². The molecular formula is C82H136. The summed E-state index contributed by atoms with van der Waals surface area (Å²) in [5.74, 6) is 1.92. The largest absolute Gasteiger partial charge is 0.0795 e. The first-order valence-electron chi connectivity index (χ1n) is 32.0. The van der Waals surface area contributed by atoms with Crippen LogP contribution in [0.3, 0.4) is 0 Å². The van der Waals surface area contributed by atoms with E-state index in [-0.39, 0.29) is 16.2 Å². The van der Waals surface area contributed by atoms with E-state index in [9.17, 15) is 0 Å². The van der Waals surface area contributed by atoms with Crippen LogP contribution in [0.25, 0.3) is 18.2 Å². The van der Waals surface area contributed by atoms with Gasteiger partial charge in [-0.15, -0.1) is 0 Å². The smallest absolute Gasteiger partial charge is 0.00526 e. The number of fused-ring (bicyclic) bond motifs is 2. The first kappa shape index (κ1) is 78.1. The third kappa shape index (κ3) is 40.4. The molecule has 0 atom stereocenters. The Balaban J connectivity index is 0.000000946. The van der Waals surface area contributed by atoms with E-state index in [4.69, 9.17) is 0 Å². The molecule has 0 radical (unpaired) electrons. The SMILES string of the molecule is C1=Cc2ccccc2C1.CC(C)(C)/C=C/c1ccc(C(C)(C)C)cc1.CC(C)(C)C.CC(C)(C)C.CC(C)(C)C.CC(C)(C)C1=Cc2ccccc2C1.CC(C)(C)C1CCC(C(C)(C)C)CC1.CC(C)(C)Cc1ccc(C(C)(C)C)cc1. The average Bonchev–Trinajstić information content (AvgIpc) is 3.95. The summed E-state index contributed by atoms with van der Waals surface area (Å²) in [7, 11) is 0. The summed E-state index contributed by atoms with van der Waals surface area (Å²) in [6, 6.07) is 35.1. The van der Waals surface area contributed by atoms with Crippen molar-refractivity contribution < 1.29 is 0 Å². The summed E-state index contributed by atoms with van der Waals surface area (Å²) in [6.45, 7) is 74.5. The molecule has 0 unspecified atom stereocenters. The van der Waals surface area contributed by atoms with Gasteiger partial charge in [0.15, 0.2) is 0 Å². The fraction of sp³-hybridized carbons (Fsp3) is 0.634. The van der Waals surface area contributed by atoms with Crippen LogP contribution in [0.15, 0.2) is 115 Å². The normalized spacial score (nSPS) is 16.3. The number of benzene rings is 4. The van der Waals surface area contributed by atoms with Gasteiger partial charge in [-0.1, -0.05) is 361 Å². The van der Waals surface area contributed by atoms with Gasteiger partial charge >= 0.3 is 0 Å². The van der Waals surface area contributed by atoms with Gasteiger partial charge in [-0.3, -0.25) is 0 Å². The monoisotopic (exact) mass is 1120 g/mol. The average molecular weight is 1120 g/mol. The van der Waals surface area contributed by atoms with Crippen molar-refractivity contribution >= 4 is 18.2 Å². The van der Waals surface area contributed by atoms with Crippen molar-refractivity contribution in [1.29, 1.82) is 0 Å². The molecule has 0 aliphatic heterocycles. The first-order chi connectivity index (χ1) is 36.6. The predicted molar refractivity (Wildman–Crippen MR) is 378 cm³/mol. The molecule has 0 spiro atoms. The third-order valence-electron chi connectivity index (χ3n) is 13.7. The number of hydrogen-bond donors (Lipinski definition) is 0. The van der Waals surface area contributed by atoms with E-state index in [1.807, 2.05) is 0 Å². The lowest BCUT2D eigenvalue weighted by Gasteiger charge is -2.41. The van der Waals surface area contributed by atoms with Gasteiger partial charge < -0.3 is 0 Å². The van der Waals surface area contributed by atoms with Gasteiger partial charge in [0.1, 0.15) is 0 Å². The summed E-state index contributed by atoms with van der Waals surface area (Å²) in [6.07, 6.45) is 20.4. The molecule has 4 aromatic rings. The topological polar surface area (TPSA) is 0 Å². The van der Waals surface area contributed by atoms with E-state index in [0.29, 0.717) is 37.9 Å². The van der Waals surface area contributed by atoms with Crippen LogP contribution in [0.5, 0.6) is 0 Å². The van der Waals surface area contributed by atoms with E-state index < -0.39 is 0 Å². The quantitative estimate of drug-likeness (QED) is 0.188. The molecule has 0 nitrogen and oxygen atoms in total.